The number of benzene rings is 4. The fraction of sp³-hybridized carbons (Fsp3) is 0. The lowest BCUT2D eigenvalue weighted by molar-refractivity contribution is 1.71. The highest BCUT2D eigenvalue weighted by Crippen LogP contribution is 2.53. The first kappa shape index (κ1) is 15.8. The summed E-state index contributed by atoms with van der Waals surface area (Å²) in [6.45, 7) is 0. The Balaban J connectivity index is 2.13. The van der Waals surface area contributed by atoms with Gasteiger partial charge in [0.05, 0.1) is 0 Å². The molecule has 4 aromatic rings. The van der Waals surface area contributed by atoms with Crippen molar-refractivity contribution in [3.8, 4) is 0 Å². The molecule has 0 N–H and O–H groups in total. The van der Waals surface area contributed by atoms with Gasteiger partial charge >= 0.3 is 0 Å². The number of rotatable bonds is 4. The Bertz CT molecular complexity index is 753. The molecule has 0 heterocycles. The Morgan fingerprint density at radius 3 is 0.680 bits per heavy atom. The molecule has 0 nitrogen and oxygen atoms in total. The maximum absolute atomic E-state index is 2.28. The van der Waals surface area contributed by atoms with E-state index < -0.39 is 7.26 Å². The van der Waals surface area contributed by atoms with Crippen LogP contribution in [0.25, 0.3) is 0 Å². The minimum atomic E-state index is -1.91. The first-order chi connectivity index (χ1) is 12.4. The summed E-state index contributed by atoms with van der Waals surface area (Å²) in [5.74, 6) is 0. The van der Waals surface area contributed by atoms with Gasteiger partial charge < -0.3 is 0 Å². The lowest BCUT2D eigenvalue weighted by atomic mass is 10.3. The Morgan fingerprint density at radius 1 is 0.280 bits per heavy atom. The smallest absolute Gasteiger partial charge is 0.0155 e. The minimum Gasteiger partial charge on any atom is -0.0622 e. The highest BCUT2D eigenvalue weighted by atomic mass is 31.2. The molecule has 121 valence electrons. The lowest BCUT2D eigenvalue weighted by Gasteiger charge is -2.38. The van der Waals surface area contributed by atoms with E-state index in [1.165, 1.54) is 21.2 Å². The summed E-state index contributed by atoms with van der Waals surface area (Å²) >= 11 is 0. The summed E-state index contributed by atoms with van der Waals surface area (Å²) in [4.78, 5) is 0. The summed E-state index contributed by atoms with van der Waals surface area (Å²) in [6.07, 6.45) is 0. The molecule has 4 rings (SSSR count). The predicted molar refractivity (Wildman–Crippen MR) is 111 cm³/mol. The molecule has 1 heteroatoms. The van der Waals surface area contributed by atoms with E-state index in [9.17, 15) is 0 Å². The number of hydrogen-bond acceptors (Lipinski definition) is 0. The Hall–Kier alpha value is -2.69. The average molecular weight is 339 g/mol. The monoisotopic (exact) mass is 339 g/mol. The van der Waals surface area contributed by atoms with Crippen LogP contribution in [-0.4, -0.2) is 0 Å². The molecular formula is C24H20P. The quantitative estimate of drug-likeness (QED) is 0.486. The van der Waals surface area contributed by atoms with Crippen molar-refractivity contribution < 1.29 is 0 Å². The van der Waals surface area contributed by atoms with Gasteiger partial charge in [-0.2, -0.15) is 0 Å². The van der Waals surface area contributed by atoms with Crippen molar-refractivity contribution in [2.45, 2.75) is 0 Å². The molecular weight excluding hydrogens is 319 g/mol. The first-order valence-electron chi connectivity index (χ1n) is 8.54. The first-order valence-corrected chi connectivity index (χ1v) is 10.3. The molecule has 0 aliphatic rings. The van der Waals surface area contributed by atoms with E-state index in [0.29, 0.717) is 0 Å². The fourth-order valence-electron chi connectivity index (χ4n) is 3.50. The van der Waals surface area contributed by atoms with E-state index in [1.54, 1.807) is 0 Å². The standard InChI is InChI=1S/C24H20P/c1-5-13-21(14-6-1)25(22-15-7-2-8-16-22,23-17-9-3-10-18-23)24-19-11-4-12-20-24/h1-20H. The van der Waals surface area contributed by atoms with Crippen LogP contribution in [0.5, 0.6) is 0 Å². The molecule has 0 fully saturated rings. The second-order valence-electron chi connectivity index (χ2n) is 6.01. The van der Waals surface area contributed by atoms with Crippen LogP contribution in [0, 0.1) is 0 Å². The van der Waals surface area contributed by atoms with Crippen LogP contribution in [0.2, 0.25) is 0 Å². The Kier molecular flexibility index (Phi) is 4.46. The van der Waals surface area contributed by atoms with Crippen molar-refractivity contribution in [2.75, 3.05) is 0 Å². The zero-order chi connectivity index (χ0) is 17.0. The van der Waals surface area contributed by atoms with Crippen LogP contribution in [0.1, 0.15) is 0 Å². The molecule has 4 aromatic carbocycles. The highest BCUT2D eigenvalue weighted by molar-refractivity contribution is 8.01. The van der Waals surface area contributed by atoms with Crippen molar-refractivity contribution in [3.05, 3.63) is 121 Å². The third kappa shape index (κ3) is 2.80. The third-order valence-corrected chi connectivity index (χ3v) is 8.86. The van der Waals surface area contributed by atoms with Crippen molar-refractivity contribution in [3.63, 3.8) is 0 Å². The Labute approximate surface area is 150 Å². The van der Waals surface area contributed by atoms with Crippen LogP contribution < -0.4 is 21.2 Å². The summed E-state index contributed by atoms with van der Waals surface area (Å²) < 4.78 is 0. The van der Waals surface area contributed by atoms with Crippen LogP contribution in [-0.2, 0) is 0 Å². The lowest BCUT2D eigenvalue weighted by Crippen LogP contribution is -2.38. The SMILES string of the molecule is c1ccc([P](c2ccccc2)(c2ccccc2)c2ccccc2)cc1. The molecule has 0 atom stereocenters. The maximum atomic E-state index is 2.28. The van der Waals surface area contributed by atoms with Crippen LogP contribution >= 0.6 is 7.26 Å². The molecule has 0 spiro atoms. The summed E-state index contributed by atoms with van der Waals surface area (Å²) in [5.41, 5.74) is 0. The van der Waals surface area contributed by atoms with E-state index in [-0.39, 0.29) is 0 Å². The maximum Gasteiger partial charge on any atom is -0.0155 e. The Morgan fingerprint density at radius 2 is 0.480 bits per heavy atom. The molecule has 0 bridgehead atoms. The van der Waals surface area contributed by atoms with Crippen molar-refractivity contribution in [1.29, 1.82) is 0 Å². The topological polar surface area (TPSA) is 0 Å². The van der Waals surface area contributed by atoms with Gasteiger partial charge in [-0.05, 0) is 28.5 Å². The molecule has 0 amide bonds. The highest BCUT2D eigenvalue weighted by Gasteiger charge is 2.35. The van der Waals surface area contributed by atoms with Gasteiger partial charge in [0.2, 0.25) is 0 Å². The van der Waals surface area contributed by atoms with Gasteiger partial charge in [-0.3, -0.25) is 0 Å². The molecule has 0 aliphatic heterocycles. The van der Waals surface area contributed by atoms with Gasteiger partial charge in [-0.15, -0.1) is 0 Å². The summed E-state index contributed by atoms with van der Waals surface area (Å²) in [7, 11) is -1.91. The largest absolute Gasteiger partial charge is 0.0622 e. The zero-order valence-corrected chi connectivity index (χ0v) is 14.9. The van der Waals surface area contributed by atoms with Crippen LogP contribution in [0.3, 0.4) is 0 Å². The van der Waals surface area contributed by atoms with Crippen molar-refractivity contribution in [2.24, 2.45) is 0 Å². The van der Waals surface area contributed by atoms with E-state index in [0.717, 1.165) is 0 Å². The predicted octanol–water partition coefficient (Wildman–Crippen LogP) is 4.31. The van der Waals surface area contributed by atoms with E-state index >= 15 is 0 Å². The number of hydrogen-bond donors (Lipinski definition) is 0. The van der Waals surface area contributed by atoms with E-state index in [2.05, 4.69) is 121 Å². The van der Waals surface area contributed by atoms with Crippen molar-refractivity contribution in [1.82, 2.24) is 0 Å². The molecule has 0 aromatic heterocycles. The molecule has 0 unspecified atom stereocenters. The van der Waals surface area contributed by atoms with Gasteiger partial charge in [0.25, 0.3) is 0 Å². The van der Waals surface area contributed by atoms with E-state index in [4.69, 9.17) is 0 Å². The van der Waals surface area contributed by atoms with Gasteiger partial charge in [-0.1, -0.05) is 121 Å². The van der Waals surface area contributed by atoms with Crippen molar-refractivity contribution >= 4 is 28.5 Å². The molecule has 25 heavy (non-hydrogen) atoms. The van der Waals surface area contributed by atoms with Gasteiger partial charge in [0.1, 0.15) is 0 Å². The van der Waals surface area contributed by atoms with Crippen LogP contribution in [0.4, 0.5) is 0 Å². The van der Waals surface area contributed by atoms with Crippen LogP contribution in [0.15, 0.2) is 121 Å². The minimum absolute atomic E-state index is 1.39. The normalized spacial score (nSPS) is 11.2. The van der Waals surface area contributed by atoms with Gasteiger partial charge in [-0.25, -0.2) is 0 Å². The molecule has 1 radical (unpaired) electrons. The second-order valence-corrected chi connectivity index (χ2v) is 9.42. The van der Waals surface area contributed by atoms with Gasteiger partial charge in [0.15, 0.2) is 0 Å². The molecule has 0 aliphatic carbocycles. The van der Waals surface area contributed by atoms with Gasteiger partial charge in [0, 0.05) is 0 Å². The summed E-state index contributed by atoms with van der Waals surface area (Å²) in [6, 6.07) is 43.8. The third-order valence-electron chi connectivity index (χ3n) is 4.57. The average Bonchev–Trinajstić information content (AvgIpc) is 2.72. The second kappa shape index (κ2) is 7.05. The van der Waals surface area contributed by atoms with E-state index in [1.807, 2.05) is 0 Å². The molecule has 0 saturated carbocycles. The molecule has 0 saturated heterocycles. The summed E-state index contributed by atoms with van der Waals surface area (Å²) in [5, 5.41) is 5.55. The zero-order valence-electron chi connectivity index (χ0n) is 14.0. The fourth-order valence-corrected chi connectivity index (χ4v) is 7.77.